The molecule has 0 amide bonds. The Labute approximate surface area is 128 Å². The summed E-state index contributed by atoms with van der Waals surface area (Å²) in [5.74, 6) is 0.388. The minimum absolute atomic E-state index is 0.208. The van der Waals surface area contributed by atoms with Crippen LogP contribution in [-0.4, -0.2) is 18.3 Å². The van der Waals surface area contributed by atoms with Crippen molar-refractivity contribution < 1.29 is 8.78 Å². The summed E-state index contributed by atoms with van der Waals surface area (Å²) in [5, 5.41) is 3.40. The first-order chi connectivity index (χ1) is 10.2. The molecular formula is C17H19F2NS. The Morgan fingerprint density at radius 1 is 1.05 bits per heavy atom. The van der Waals surface area contributed by atoms with E-state index >= 15 is 0 Å². The monoisotopic (exact) mass is 307 g/mol. The third-order valence-corrected chi connectivity index (χ3v) is 4.27. The third kappa shape index (κ3) is 5.48. The van der Waals surface area contributed by atoms with Crippen molar-refractivity contribution in [3.05, 3.63) is 65.7 Å². The van der Waals surface area contributed by atoms with E-state index in [1.54, 1.807) is 30.0 Å². The lowest BCUT2D eigenvalue weighted by atomic mass is 10.1. The Morgan fingerprint density at radius 2 is 1.76 bits per heavy atom. The molecular weight excluding hydrogens is 288 g/mol. The molecule has 1 atom stereocenters. The SMILES string of the molecule is CCNC(CSc1cccc(F)c1)Cc1cccc(F)c1. The molecule has 21 heavy (non-hydrogen) atoms. The average Bonchev–Trinajstić information content (AvgIpc) is 2.45. The molecule has 2 aromatic carbocycles. The number of rotatable bonds is 7. The van der Waals surface area contributed by atoms with Gasteiger partial charge in [0.25, 0.3) is 0 Å². The van der Waals surface area contributed by atoms with Gasteiger partial charge in [-0.25, -0.2) is 8.78 Å². The highest BCUT2D eigenvalue weighted by Gasteiger charge is 2.10. The minimum Gasteiger partial charge on any atom is -0.313 e. The molecule has 0 bridgehead atoms. The number of hydrogen-bond donors (Lipinski definition) is 1. The first kappa shape index (κ1) is 16.0. The van der Waals surface area contributed by atoms with Crippen LogP contribution in [0.1, 0.15) is 12.5 Å². The molecule has 0 heterocycles. The van der Waals surface area contributed by atoms with Crippen molar-refractivity contribution >= 4 is 11.8 Å². The molecule has 0 aliphatic rings. The molecule has 2 rings (SSSR count). The van der Waals surface area contributed by atoms with Gasteiger partial charge in [0.05, 0.1) is 0 Å². The Bertz CT molecular complexity index is 574. The maximum Gasteiger partial charge on any atom is 0.124 e. The standard InChI is InChI=1S/C17H19F2NS/c1-2-20-16(10-13-5-3-6-14(18)9-13)12-21-17-8-4-7-15(19)11-17/h3-9,11,16,20H,2,10,12H2,1H3. The van der Waals surface area contributed by atoms with Crippen molar-refractivity contribution in [3.8, 4) is 0 Å². The fourth-order valence-electron chi connectivity index (χ4n) is 2.18. The molecule has 0 aliphatic carbocycles. The maximum atomic E-state index is 13.2. The van der Waals surface area contributed by atoms with Crippen LogP contribution in [0.3, 0.4) is 0 Å². The predicted molar refractivity (Wildman–Crippen MR) is 84.7 cm³/mol. The van der Waals surface area contributed by atoms with Crippen LogP contribution in [0.15, 0.2) is 53.4 Å². The molecule has 2 aromatic rings. The largest absolute Gasteiger partial charge is 0.313 e. The number of nitrogens with one attached hydrogen (secondary N) is 1. The normalized spacial score (nSPS) is 12.3. The molecule has 0 aromatic heterocycles. The van der Waals surface area contributed by atoms with Gasteiger partial charge in [0.2, 0.25) is 0 Å². The second-order valence-corrected chi connectivity index (χ2v) is 5.95. The number of thioether (sulfide) groups is 1. The molecule has 0 spiro atoms. The Hall–Kier alpha value is -1.39. The van der Waals surface area contributed by atoms with E-state index in [0.29, 0.717) is 0 Å². The van der Waals surface area contributed by atoms with Crippen molar-refractivity contribution in [1.29, 1.82) is 0 Å². The Morgan fingerprint density at radius 3 is 2.43 bits per heavy atom. The van der Waals surface area contributed by atoms with Gasteiger partial charge in [-0.3, -0.25) is 0 Å². The van der Waals surface area contributed by atoms with E-state index in [1.807, 2.05) is 19.1 Å². The Balaban J connectivity index is 1.95. The van der Waals surface area contributed by atoms with Gasteiger partial charge in [-0.15, -0.1) is 11.8 Å². The molecule has 1 unspecified atom stereocenters. The van der Waals surface area contributed by atoms with Crippen molar-refractivity contribution in [2.45, 2.75) is 24.3 Å². The number of halogens is 2. The summed E-state index contributed by atoms with van der Waals surface area (Å²) in [5.41, 5.74) is 0.973. The lowest BCUT2D eigenvalue weighted by molar-refractivity contribution is 0.568. The highest BCUT2D eigenvalue weighted by molar-refractivity contribution is 7.99. The van der Waals surface area contributed by atoms with Gasteiger partial charge in [-0.05, 0) is 48.9 Å². The zero-order valence-electron chi connectivity index (χ0n) is 12.0. The molecule has 0 radical (unpaired) electrons. The van der Waals surface area contributed by atoms with Crippen LogP contribution in [-0.2, 0) is 6.42 Å². The minimum atomic E-state index is -0.217. The van der Waals surface area contributed by atoms with Crippen molar-refractivity contribution in [3.63, 3.8) is 0 Å². The van der Waals surface area contributed by atoms with Crippen molar-refractivity contribution in [2.75, 3.05) is 12.3 Å². The summed E-state index contributed by atoms with van der Waals surface area (Å²) in [6, 6.07) is 13.5. The van der Waals surface area contributed by atoms with E-state index in [-0.39, 0.29) is 17.7 Å². The summed E-state index contributed by atoms with van der Waals surface area (Å²) in [7, 11) is 0. The predicted octanol–water partition coefficient (Wildman–Crippen LogP) is 4.28. The summed E-state index contributed by atoms with van der Waals surface area (Å²) in [6.45, 7) is 2.90. The molecule has 4 heteroatoms. The van der Waals surface area contributed by atoms with Crippen LogP contribution in [0.4, 0.5) is 8.78 Å². The highest BCUT2D eigenvalue weighted by atomic mass is 32.2. The van der Waals surface area contributed by atoms with Gasteiger partial charge in [-0.2, -0.15) is 0 Å². The zero-order valence-corrected chi connectivity index (χ0v) is 12.8. The lowest BCUT2D eigenvalue weighted by Gasteiger charge is -2.17. The first-order valence-electron chi connectivity index (χ1n) is 7.03. The molecule has 0 saturated heterocycles. The quantitative estimate of drug-likeness (QED) is 0.766. The molecule has 0 fully saturated rings. The second kappa shape index (κ2) is 8.15. The Kier molecular flexibility index (Phi) is 6.21. The third-order valence-electron chi connectivity index (χ3n) is 3.11. The van der Waals surface area contributed by atoms with Crippen LogP contribution >= 0.6 is 11.8 Å². The summed E-state index contributed by atoms with van der Waals surface area (Å²) >= 11 is 1.61. The topological polar surface area (TPSA) is 12.0 Å². The fraction of sp³-hybridized carbons (Fsp3) is 0.294. The fourth-order valence-corrected chi connectivity index (χ4v) is 3.18. The maximum absolute atomic E-state index is 13.2. The number of hydrogen-bond acceptors (Lipinski definition) is 2. The molecule has 1 N–H and O–H groups in total. The van der Waals surface area contributed by atoms with E-state index in [4.69, 9.17) is 0 Å². The van der Waals surface area contributed by atoms with E-state index in [9.17, 15) is 8.78 Å². The van der Waals surface area contributed by atoms with E-state index in [0.717, 1.165) is 29.2 Å². The van der Waals surface area contributed by atoms with Crippen LogP contribution in [0.2, 0.25) is 0 Å². The van der Waals surface area contributed by atoms with Crippen LogP contribution in [0.25, 0.3) is 0 Å². The van der Waals surface area contributed by atoms with Crippen molar-refractivity contribution in [2.24, 2.45) is 0 Å². The molecule has 0 saturated carbocycles. The molecule has 112 valence electrons. The number of likely N-dealkylation sites (N-methyl/N-ethyl adjacent to an activating group) is 1. The zero-order chi connectivity index (χ0) is 15.1. The van der Waals surface area contributed by atoms with Crippen molar-refractivity contribution in [1.82, 2.24) is 5.32 Å². The van der Waals surface area contributed by atoms with E-state index in [2.05, 4.69) is 5.32 Å². The van der Waals surface area contributed by atoms with E-state index in [1.165, 1.54) is 18.2 Å². The summed E-state index contributed by atoms with van der Waals surface area (Å²) in [6.07, 6.45) is 0.758. The van der Waals surface area contributed by atoms with Gasteiger partial charge in [0.15, 0.2) is 0 Å². The highest BCUT2D eigenvalue weighted by Crippen LogP contribution is 2.20. The van der Waals surface area contributed by atoms with E-state index < -0.39 is 0 Å². The average molecular weight is 307 g/mol. The van der Waals surface area contributed by atoms with Gasteiger partial charge in [0.1, 0.15) is 11.6 Å². The first-order valence-corrected chi connectivity index (χ1v) is 8.02. The van der Waals surface area contributed by atoms with Gasteiger partial charge >= 0.3 is 0 Å². The van der Waals surface area contributed by atoms with Gasteiger partial charge < -0.3 is 5.32 Å². The van der Waals surface area contributed by atoms with Gasteiger partial charge in [0, 0.05) is 16.7 Å². The lowest BCUT2D eigenvalue weighted by Crippen LogP contribution is -2.33. The summed E-state index contributed by atoms with van der Waals surface area (Å²) < 4.78 is 26.4. The van der Waals surface area contributed by atoms with Crippen LogP contribution < -0.4 is 5.32 Å². The molecule has 1 nitrogen and oxygen atoms in total. The smallest absolute Gasteiger partial charge is 0.124 e. The molecule has 0 aliphatic heterocycles. The second-order valence-electron chi connectivity index (χ2n) is 4.86. The summed E-state index contributed by atoms with van der Waals surface area (Å²) in [4.78, 5) is 0.914. The van der Waals surface area contributed by atoms with Crippen LogP contribution in [0.5, 0.6) is 0 Å². The van der Waals surface area contributed by atoms with Gasteiger partial charge in [-0.1, -0.05) is 25.1 Å². The van der Waals surface area contributed by atoms with Crippen LogP contribution in [0, 0.1) is 11.6 Å². The number of benzene rings is 2.